The van der Waals surface area contributed by atoms with Gasteiger partial charge < -0.3 is 14.2 Å². The molecule has 1 aliphatic heterocycles. The Hall–Kier alpha value is -3.60. The third-order valence-corrected chi connectivity index (χ3v) is 4.73. The number of thioether (sulfide) groups is 1. The molecular weight excluding hydrogens is 412 g/mol. The predicted molar refractivity (Wildman–Crippen MR) is 109 cm³/mol. The molecule has 1 aromatic carbocycles. The molecular formula is C19H18N4O6S. The second kappa shape index (κ2) is 8.82. The maximum Gasteiger partial charge on any atom is 0.335 e. The van der Waals surface area contributed by atoms with Crippen LogP contribution in [-0.2, 0) is 9.59 Å². The van der Waals surface area contributed by atoms with Crippen LogP contribution in [-0.4, -0.2) is 55.4 Å². The molecule has 1 N–H and O–H groups in total. The first-order valence-electron chi connectivity index (χ1n) is 8.51. The molecule has 1 aromatic heterocycles. The molecule has 10 nitrogen and oxygen atoms in total. The lowest BCUT2D eigenvalue weighted by Gasteiger charge is -2.27. The first-order chi connectivity index (χ1) is 14.4. The summed E-state index contributed by atoms with van der Waals surface area (Å²) in [6.07, 6.45) is 6.10. The van der Waals surface area contributed by atoms with Crippen molar-refractivity contribution in [3.63, 3.8) is 0 Å². The smallest absolute Gasteiger partial charge is 0.335 e. The van der Waals surface area contributed by atoms with E-state index in [9.17, 15) is 14.4 Å². The fourth-order valence-corrected chi connectivity index (χ4v) is 3.08. The van der Waals surface area contributed by atoms with E-state index in [4.69, 9.17) is 14.2 Å². The van der Waals surface area contributed by atoms with Crippen LogP contribution >= 0.6 is 11.8 Å². The Morgan fingerprint density at radius 3 is 2.10 bits per heavy atom. The number of urea groups is 1. The van der Waals surface area contributed by atoms with Gasteiger partial charge in [0, 0.05) is 30.1 Å². The van der Waals surface area contributed by atoms with Gasteiger partial charge in [0.05, 0.1) is 27.0 Å². The molecule has 0 unspecified atom stereocenters. The van der Waals surface area contributed by atoms with Crippen LogP contribution in [0.5, 0.6) is 17.2 Å². The van der Waals surface area contributed by atoms with E-state index >= 15 is 0 Å². The van der Waals surface area contributed by atoms with E-state index in [2.05, 4.69) is 15.3 Å². The maximum atomic E-state index is 13.0. The number of benzene rings is 1. The number of rotatable bonds is 6. The van der Waals surface area contributed by atoms with Gasteiger partial charge in [-0.2, -0.15) is 0 Å². The van der Waals surface area contributed by atoms with Crippen molar-refractivity contribution in [2.45, 2.75) is 5.16 Å². The molecule has 4 amide bonds. The average molecular weight is 430 g/mol. The minimum atomic E-state index is -0.898. The van der Waals surface area contributed by atoms with E-state index in [1.807, 2.05) is 6.26 Å². The number of barbiturate groups is 1. The molecule has 2 heterocycles. The number of hydrogen-bond donors (Lipinski definition) is 1. The monoisotopic (exact) mass is 430 g/mol. The molecule has 0 aliphatic carbocycles. The molecule has 1 saturated heterocycles. The fourth-order valence-electron chi connectivity index (χ4n) is 2.76. The highest BCUT2D eigenvalue weighted by molar-refractivity contribution is 7.98. The van der Waals surface area contributed by atoms with Gasteiger partial charge in [0.25, 0.3) is 11.8 Å². The number of methoxy groups -OCH3 is 3. The second-order valence-electron chi connectivity index (χ2n) is 5.84. The number of imide groups is 2. The lowest BCUT2D eigenvalue weighted by molar-refractivity contribution is -0.122. The standard InChI is InChI=1S/C19H18N4O6S/c1-27-13-6-11(7-14(28-2)15(13)29-3)23-17(25)12(16(24)22-19(23)26)5-10-8-20-18(30-4)21-9-10/h5-9H,1-4H3,(H,22,24,26). The predicted octanol–water partition coefficient (Wildman–Crippen LogP) is 1.89. The summed E-state index contributed by atoms with van der Waals surface area (Å²) in [7, 11) is 4.25. The first kappa shape index (κ1) is 21.1. The molecule has 0 radical (unpaired) electrons. The molecule has 0 spiro atoms. The van der Waals surface area contributed by atoms with E-state index in [0.717, 1.165) is 4.90 Å². The molecule has 0 atom stereocenters. The number of anilines is 1. The van der Waals surface area contributed by atoms with E-state index in [0.29, 0.717) is 16.5 Å². The molecule has 3 rings (SSSR count). The molecule has 30 heavy (non-hydrogen) atoms. The van der Waals surface area contributed by atoms with E-state index < -0.39 is 17.8 Å². The number of nitrogens with zero attached hydrogens (tertiary/aromatic N) is 3. The minimum Gasteiger partial charge on any atom is -0.493 e. The van der Waals surface area contributed by atoms with Crippen molar-refractivity contribution in [3.05, 3.63) is 35.7 Å². The number of carbonyl (C=O) groups is 3. The van der Waals surface area contributed by atoms with Gasteiger partial charge >= 0.3 is 6.03 Å². The van der Waals surface area contributed by atoms with Gasteiger partial charge in [-0.3, -0.25) is 14.9 Å². The van der Waals surface area contributed by atoms with Gasteiger partial charge in [0.2, 0.25) is 5.75 Å². The lowest BCUT2D eigenvalue weighted by Crippen LogP contribution is -2.54. The Kier molecular flexibility index (Phi) is 6.21. The Bertz CT molecular complexity index is 1010. The van der Waals surface area contributed by atoms with E-state index in [1.165, 1.54) is 63.7 Å². The lowest BCUT2D eigenvalue weighted by atomic mass is 10.1. The summed E-state index contributed by atoms with van der Waals surface area (Å²) in [4.78, 5) is 46.8. The highest BCUT2D eigenvalue weighted by Crippen LogP contribution is 2.41. The third-order valence-electron chi connectivity index (χ3n) is 4.15. The van der Waals surface area contributed by atoms with Gasteiger partial charge in [-0.1, -0.05) is 11.8 Å². The SMILES string of the molecule is COc1cc(N2C(=O)NC(=O)C(=Cc3cnc(SC)nc3)C2=O)cc(OC)c1OC. The highest BCUT2D eigenvalue weighted by atomic mass is 32.2. The van der Waals surface area contributed by atoms with E-state index in [-0.39, 0.29) is 22.8 Å². The van der Waals surface area contributed by atoms with Crippen LogP contribution in [0.4, 0.5) is 10.5 Å². The van der Waals surface area contributed by atoms with Crippen LogP contribution < -0.4 is 24.4 Å². The van der Waals surface area contributed by atoms with Gasteiger partial charge in [0.15, 0.2) is 16.7 Å². The maximum absolute atomic E-state index is 13.0. The Labute approximate surface area is 176 Å². The molecule has 2 aromatic rings. The van der Waals surface area contributed by atoms with Crippen molar-refractivity contribution < 1.29 is 28.6 Å². The van der Waals surface area contributed by atoms with Gasteiger partial charge in [-0.05, 0) is 12.3 Å². The summed E-state index contributed by atoms with van der Waals surface area (Å²) in [6.45, 7) is 0. The summed E-state index contributed by atoms with van der Waals surface area (Å²) in [5.41, 5.74) is 0.328. The van der Waals surface area contributed by atoms with Crippen LogP contribution in [0.3, 0.4) is 0 Å². The molecule has 0 bridgehead atoms. The number of hydrogen-bond acceptors (Lipinski definition) is 9. The fraction of sp³-hybridized carbons (Fsp3) is 0.211. The van der Waals surface area contributed by atoms with Gasteiger partial charge in [-0.25, -0.2) is 19.7 Å². The van der Waals surface area contributed by atoms with E-state index in [1.54, 1.807) is 0 Å². The van der Waals surface area contributed by atoms with Crippen LogP contribution in [0.1, 0.15) is 5.56 Å². The summed E-state index contributed by atoms with van der Waals surface area (Å²) in [5, 5.41) is 2.70. The third kappa shape index (κ3) is 3.92. The number of ether oxygens (including phenoxy) is 3. The summed E-state index contributed by atoms with van der Waals surface area (Å²) in [5.74, 6) is -0.840. The first-order valence-corrected chi connectivity index (χ1v) is 9.73. The number of nitrogens with one attached hydrogen (secondary N) is 1. The molecule has 11 heteroatoms. The Morgan fingerprint density at radius 2 is 1.60 bits per heavy atom. The van der Waals surface area contributed by atoms with Crippen molar-refractivity contribution in [1.82, 2.24) is 15.3 Å². The van der Waals surface area contributed by atoms with Crippen molar-refractivity contribution >= 4 is 41.4 Å². The zero-order chi connectivity index (χ0) is 21.8. The molecule has 1 fully saturated rings. The number of aromatic nitrogens is 2. The van der Waals surface area contributed by atoms with Crippen molar-refractivity contribution in [1.29, 1.82) is 0 Å². The summed E-state index contributed by atoms with van der Waals surface area (Å²) >= 11 is 1.36. The number of carbonyl (C=O) groups excluding carboxylic acids is 3. The highest BCUT2D eigenvalue weighted by Gasteiger charge is 2.37. The largest absolute Gasteiger partial charge is 0.493 e. The van der Waals surface area contributed by atoms with Crippen molar-refractivity contribution in [2.75, 3.05) is 32.5 Å². The Morgan fingerprint density at radius 1 is 1.00 bits per heavy atom. The molecule has 156 valence electrons. The van der Waals surface area contributed by atoms with Gasteiger partial charge in [0.1, 0.15) is 5.57 Å². The average Bonchev–Trinajstić information content (AvgIpc) is 2.76. The van der Waals surface area contributed by atoms with Crippen LogP contribution in [0.2, 0.25) is 0 Å². The normalized spacial score (nSPS) is 15.3. The quantitative estimate of drug-likeness (QED) is 0.317. The number of amides is 4. The molecule has 1 aliphatic rings. The zero-order valence-corrected chi connectivity index (χ0v) is 17.4. The van der Waals surface area contributed by atoms with Crippen LogP contribution in [0.15, 0.2) is 35.3 Å². The van der Waals surface area contributed by atoms with Crippen molar-refractivity contribution in [2.24, 2.45) is 0 Å². The van der Waals surface area contributed by atoms with Crippen molar-refractivity contribution in [3.8, 4) is 17.2 Å². The Balaban J connectivity index is 2.05. The topological polar surface area (TPSA) is 120 Å². The van der Waals surface area contributed by atoms with Crippen LogP contribution in [0.25, 0.3) is 6.08 Å². The zero-order valence-electron chi connectivity index (χ0n) is 16.6. The minimum absolute atomic E-state index is 0.138. The van der Waals surface area contributed by atoms with Crippen LogP contribution in [0, 0.1) is 0 Å². The molecule has 0 saturated carbocycles. The summed E-state index contributed by atoms with van der Waals surface area (Å²) in [6, 6.07) is 1.97. The van der Waals surface area contributed by atoms with Gasteiger partial charge in [-0.15, -0.1) is 0 Å². The second-order valence-corrected chi connectivity index (χ2v) is 6.62. The summed E-state index contributed by atoms with van der Waals surface area (Å²) < 4.78 is 15.8.